The van der Waals surface area contributed by atoms with Crippen molar-refractivity contribution in [2.45, 2.75) is 20.8 Å². The van der Waals surface area contributed by atoms with Crippen molar-refractivity contribution in [3.05, 3.63) is 63.6 Å². The third-order valence-corrected chi connectivity index (χ3v) is 4.29. The van der Waals surface area contributed by atoms with Gasteiger partial charge in [-0.3, -0.25) is 4.79 Å². The van der Waals surface area contributed by atoms with E-state index in [1.807, 2.05) is 32.2 Å². The zero-order chi connectivity index (χ0) is 18.0. The quantitative estimate of drug-likeness (QED) is 0.718. The predicted octanol–water partition coefficient (Wildman–Crippen LogP) is 4.05. The molecule has 0 aliphatic carbocycles. The Morgan fingerprint density at radius 3 is 2.68 bits per heavy atom. The maximum absolute atomic E-state index is 14.4. The van der Waals surface area contributed by atoms with Gasteiger partial charge in [-0.25, -0.2) is 14.1 Å². The van der Waals surface area contributed by atoms with Crippen LogP contribution in [0.3, 0.4) is 0 Å². The number of benzene rings is 1. The minimum atomic E-state index is -0.455. The molecule has 2 heterocycles. The van der Waals surface area contributed by atoms with Gasteiger partial charge in [0.15, 0.2) is 5.82 Å². The summed E-state index contributed by atoms with van der Waals surface area (Å²) >= 11 is 1.51. The van der Waals surface area contributed by atoms with Crippen LogP contribution in [0.5, 0.6) is 0 Å². The van der Waals surface area contributed by atoms with E-state index in [2.05, 4.69) is 15.4 Å². The van der Waals surface area contributed by atoms with E-state index in [1.165, 1.54) is 23.5 Å². The molecule has 0 unspecified atom stereocenters. The number of carbonyl (C=O) groups is 1. The standard InChI is InChI=1S/C18H17FN4OS/c1-11-8-12(2)23(22-11)17-6-4-14(9-16(17)19)21-18(24)7-5-15-10-25-13(3)20-15/h4-10H,1-3H3,(H,21,24)/b7-5+. The van der Waals surface area contributed by atoms with Crippen molar-refractivity contribution >= 4 is 29.0 Å². The number of carbonyl (C=O) groups excluding carboxylic acids is 1. The molecule has 0 saturated carbocycles. The van der Waals surface area contributed by atoms with Crippen LogP contribution >= 0.6 is 11.3 Å². The van der Waals surface area contributed by atoms with Gasteiger partial charge in [0.2, 0.25) is 5.91 Å². The Labute approximate surface area is 148 Å². The van der Waals surface area contributed by atoms with E-state index in [-0.39, 0.29) is 5.91 Å². The molecule has 0 saturated heterocycles. The SMILES string of the molecule is Cc1cc(C)n(-c2ccc(NC(=O)/C=C/c3csc(C)n3)cc2F)n1. The van der Waals surface area contributed by atoms with Crippen LogP contribution in [0.25, 0.3) is 11.8 Å². The lowest BCUT2D eigenvalue weighted by Gasteiger charge is -2.08. The number of nitrogens with zero attached hydrogens (tertiary/aromatic N) is 3. The summed E-state index contributed by atoms with van der Waals surface area (Å²) < 4.78 is 15.9. The first-order valence-electron chi connectivity index (χ1n) is 7.67. The van der Waals surface area contributed by atoms with E-state index in [1.54, 1.807) is 22.9 Å². The van der Waals surface area contributed by atoms with E-state index < -0.39 is 5.82 Å². The Morgan fingerprint density at radius 2 is 2.08 bits per heavy atom. The van der Waals surface area contributed by atoms with Crippen molar-refractivity contribution in [2.75, 3.05) is 5.32 Å². The summed E-state index contributed by atoms with van der Waals surface area (Å²) in [5, 5.41) is 9.70. The number of aryl methyl sites for hydroxylation is 3. The van der Waals surface area contributed by atoms with Crippen molar-refractivity contribution in [3.63, 3.8) is 0 Å². The number of thiazole rings is 1. The van der Waals surface area contributed by atoms with Crippen LogP contribution in [0.4, 0.5) is 10.1 Å². The molecule has 0 atom stereocenters. The first-order valence-corrected chi connectivity index (χ1v) is 8.55. The molecule has 0 bridgehead atoms. The van der Waals surface area contributed by atoms with Gasteiger partial charge in [0, 0.05) is 22.8 Å². The third-order valence-electron chi connectivity index (χ3n) is 3.50. The predicted molar refractivity (Wildman–Crippen MR) is 97.5 cm³/mol. The lowest BCUT2D eigenvalue weighted by Crippen LogP contribution is -2.09. The molecule has 3 rings (SSSR count). The number of hydrogen-bond donors (Lipinski definition) is 1. The van der Waals surface area contributed by atoms with Crippen molar-refractivity contribution in [3.8, 4) is 5.69 Å². The van der Waals surface area contributed by atoms with Crippen molar-refractivity contribution in [2.24, 2.45) is 0 Å². The Balaban J connectivity index is 1.73. The smallest absolute Gasteiger partial charge is 0.248 e. The maximum atomic E-state index is 14.4. The molecular weight excluding hydrogens is 339 g/mol. The summed E-state index contributed by atoms with van der Waals surface area (Å²) in [5.41, 5.74) is 3.11. The maximum Gasteiger partial charge on any atom is 0.248 e. The molecule has 2 aromatic heterocycles. The molecule has 3 aromatic rings. The van der Waals surface area contributed by atoms with Gasteiger partial charge in [-0.15, -0.1) is 11.3 Å². The van der Waals surface area contributed by atoms with Crippen LogP contribution < -0.4 is 5.32 Å². The van der Waals surface area contributed by atoms with Crippen molar-refractivity contribution in [1.82, 2.24) is 14.8 Å². The molecule has 0 aliphatic heterocycles. The fourth-order valence-corrected chi connectivity index (χ4v) is 3.01. The summed E-state index contributed by atoms with van der Waals surface area (Å²) in [7, 11) is 0. The van der Waals surface area contributed by atoms with Gasteiger partial charge in [-0.2, -0.15) is 5.10 Å². The first kappa shape index (κ1) is 17.0. The topological polar surface area (TPSA) is 59.8 Å². The van der Waals surface area contributed by atoms with E-state index in [9.17, 15) is 9.18 Å². The Kier molecular flexibility index (Phi) is 4.76. The zero-order valence-corrected chi connectivity index (χ0v) is 14.9. The molecule has 5 nitrogen and oxygen atoms in total. The van der Waals surface area contributed by atoms with Crippen LogP contribution in [0, 0.1) is 26.6 Å². The highest BCUT2D eigenvalue weighted by molar-refractivity contribution is 7.09. The van der Waals surface area contributed by atoms with E-state index in [0.29, 0.717) is 11.4 Å². The number of amides is 1. The molecule has 25 heavy (non-hydrogen) atoms. The van der Waals surface area contributed by atoms with Gasteiger partial charge >= 0.3 is 0 Å². The minimum absolute atomic E-state index is 0.344. The summed E-state index contributed by atoms with van der Waals surface area (Å²) in [5.74, 6) is -0.799. The summed E-state index contributed by atoms with van der Waals surface area (Å²) in [6.07, 6.45) is 3.00. The number of rotatable bonds is 4. The molecule has 7 heteroatoms. The number of nitrogens with one attached hydrogen (secondary N) is 1. The molecular formula is C18H17FN4OS. The van der Waals surface area contributed by atoms with E-state index in [4.69, 9.17) is 0 Å². The summed E-state index contributed by atoms with van der Waals surface area (Å²) in [4.78, 5) is 16.2. The van der Waals surface area contributed by atoms with Crippen LogP contribution in [0.15, 0.2) is 35.7 Å². The van der Waals surface area contributed by atoms with Crippen molar-refractivity contribution in [1.29, 1.82) is 0 Å². The molecule has 1 N–H and O–H groups in total. The lowest BCUT2D eigenvalue weighted by molar-refractivity contribution is -0.111. The number of anilines is 1. The molecule has 1 aromatic carbocycles. The van der Waals surface area contributed by atoms with Crippen LogP contribution in [-0.4, -0.2) is 20.7 Å². The van der Waals surface area contributed by atoms with Gasteiger partial charge in [-0.1, -0.05) is 0 Å². The summed E-state index contributed by atoms with van der Waals surface area (Å²) in [6.45, 7) is 5.61. The number of aromatic nitrogens is 3. The number of halogens is 1. The largest absolute Gasteiger partial charge is 0.322 e. The van der Waals surface area contributed by atoms with Gasteiger partial charge in [-0.05, 0) is 51.1 Å². The normalized spacial score (nSPS) is 11.2. The first-order chi connectivity index (χ1) is 11.9. The summed E-state index contributed by atoms with van der Waals surface area (Å²) in [6, 6.07) is 6.40. The number of hydrogen-bond acceptors (Lipinski definition) is 4. The monoisotopic (exact) mass is 356 g/mol. The fraction of sp³-hybridized carbons (Fsp3) is 0.167. The lowest BCUT2D eigenvalue weighted by atomic mass is 10.2. The molecule has 0 fully saturated rings. The van der Waals surface area contributed by atoms with E-state index in [0.717, 1.165) is 22.1 Å². The second kappa shape index (κ2) is 6.98. The van der Waals surface area contributed by atoms with Gasteiger partial charge in [0.25, 0.3) is 0 Å². The molecule has 0 radical (unpaired) electrons. The molecule has 0 aliphatic rings. The third kappa shape index (κ3) is 4.00. The highest BCUT2D eigenvalue weighted by atomic mass is 32.1. The molecule has 0 spiro atoms. The van der Waals surface area contributed by atoms with Gasteiger partial charge in [0.1, 0.15) is 5.69 Å². The highest BCUT2D eigenvalue weighted by Gasteiger charge is 2.10. The van der Waals surface area contributed by atoms with Crippen LogP contribution in [0.1, 0.15) is 22.1 Å². The van der Waals surface area contributed by atoms with Gasteiger partial charge in [0.05, 0.1) is 16.4 Å². The average molecular weight is 356 g/mol. The van der Waals surface area contributed by atoms with Crippen LogP contribution in [-0.2, 0) is 4.79 Å². The van der Waals surface area contributed by atoms with Crippen LogP contribution in [0.2, 0.25) is 0 Å². The molecule has 1 amide bonds. The van der Waals surface area contributed by atoms with Gasteiger partial charge < -0.3 is 5.32 Å². The average Bonchev–Trinajstić information content (AvgIpc) is 3.10. The fourth-order valence-electron chi connectivity index (χ4n) is 2.43. The highest BCUT2D eigenvalue weighted by Crippen LogP contribution is 2.20. The Hall–Kier alpha value is -2.80. The van der Waals surface area contributed by atoms with Crippen molar-refractivity contribution < 1.29 is 9.18 Å². The second-order valence-corrected chi connectivity index (χ2v) is 6.68. The Morgan fingerprint density at radius 1 is 1.28 bits per heavy atom. The molecule has 128 valence electrons. The van der Waals surface area contributed by atoms with E-state index >= 15 is 0 Å². The zero-order valence-electron chi connectivity index (χ0n) is 14.1. The second-order valence-electron chi connectivity index (χ2n) is 5.62. The Bertz CT molecular complexity index is 958. The minimum Gasteiger partial charge on any atom is -0.322 e.